The molecule has 0 aliphatic carbocycles. The van der Waals surface area contributed by atoms with Crippen molar-refractivity contribution in [2.75, 3.05) is 6.61 Å². The quantitative estimate of drug-likeness (QED) is 0.376. The van der Waals surface area contributed by atoms with Crippen LogP contribution in [0.5, 0.6) is 0 Å². The Morgan fingerprint density at radius 2 is 1.25 bits per heavy atom. The summed E-state index contributed by atoms with van der Waals surface area (Å²) in [5, 5.41) is 8.08. The summed E-state index contributed by atoms with van der Waals surface area (Å²) in [6.07, 6.45) is 11.9. The Balaban J connectivity index is 3.46. The molecule has 0 heterocycles. The van der Waals surface area contributed by atoms with Gasteiger partial charge in [0, 0.05) is 6.61 Å². The Labute approximate surface area is 124 Å². The highest BCUT2D eigenvalue weighted by Gasteiger charge is 2.20. The van der Waals surface area contributed by atoms with Crippen LogP contribution in [0.25, 0.3) is 0 Å². The molecule has 0 aromatic heterocycles. The summed E-state index contributed by atoms with van der Waals surface area (Å²) < 4.78 is 31.4. The van der Waals surface area contributed by atoms with Gasteiger partial charge in [-0.25, -0.2) is 0 Å². The first kappa shape index (κ1) is 19.9. The molecule has 122 valence electrons. The largest absolute Gasteiger partial charge is 0.396 e. The maximum absolute atomic E-state index is 11.2. The van der Waals surface area contributed by atoms with E-state index in [2.05, 4.69) is 0 Å². The van der Waals surface area contributed by atoms with Gasteiger partial charge in [0.2, 0.25) is 0 Å². The lowest BCUT2D eigenvalue weighted by Gasteiger charge is -2.12. The van der Waals surface area contributed by atoms with Crippen molar-refractivity contribution in [2.45, 2.75) is 89.2 Å². The van der Waals surface area contributed by atoms with E-state index in [4.69, 9.17) is 9.66 Å². The number of aliphatic hydroxyl groups is 1. The van der Waals surface area contributed by atoms with Gasteiger partial charge in [-0.15, -0.1) is 0 Å². The third-order valence-corrected chi connectivity index (χ3v) is 5.03. The van der Waals surface area contributed by atoms with Gasteiger partial charge in [0.25, 0.3) is 10.1 Å². The van der Waals surface area contributed by atoms with Gasteiger partial charge in [0.15, 0.2) is 0 Å². The molecule has 0 spiro atoms. The summed E-state index contributed by atoms with van der Waals surface area (Å²) in [6.45, 7) is 2.24. The summed E-state index contributed by atoms with van der Waals surface area (Å²) in [6, 6.07) is 0. The molecule has 1 atom stereocenters. The highest BCUT2D eigenvalue weighted by molar-refractivity contribution is 7.86. The fourth-order valence-electron chi connectivity index (χ4n) is 2.49. The summed E-state index contributed by atoms with van der Waals surface area (Å²) >= 11 is 0. The van der Waals surface area contributed by atoms with Gasteiger partial charge in [-0.3, -0.25) is 4.55 Å². The van der Waals surface area contributed by atoms with Crippen LogP contribution >= 0.6 is 0 Å². The Bertz CT molecular complexity index is 301. The topological polar surface area (TPSA) is 74.6 Å². The van der Waals surface area contributed by atoms with E-state index in [0.29, 0.717) is 19.4 Å². The highest BCUT2D eigenvalue weighted by atomic mass is 32.2. The standard InChI is InChI=1S/C15H32O4S/c1-2-12-15(20(17,18)19)13-10-8-6-4-3-5-7-9-11-14-16/h15-16H,2-14H2,1H3,(H,17,18,19). The summed E-state index contributed by atoms with van der Waals surface area (Å²) in [7, 11) is -3.86. The van der Waals surface area contributed by atoms with E-state index in [-0.39, 0.29) is 0 Å². The highest BCUT2D eigenvalue weighted by Crippen LogP contribution is 2.17. The summed E-state index contributed by atoms with van der Waals surface area (Å²) in [5.74, 6) is 0. The van der Waals surface area contributed by atoms with Crippen LogP contribution in [0.15, 0.2) is 0 Å². The molecule has 0 saturated carbocycles. The van der Waals surface area contributed by atoms with Gasteiger partial charge in [0.1, 0.15) is 0 Å². The van der Waals surface area contributed by atoms with Gasteiger partial charge < -0.3 is 5.11 Å². The number of rotatable bonds is 14. The third kappa shape index (κ3) is 11.7. The van der Waals surface area contributed by atoms with Crippen molar-refractivity contribution in [3.63, 3.8) is 0 Å². The Hall–Kier alpha value is -0.130. The molecule has 20 heavy (non-hydrogen) atoms. The predicted octanol–water partition coefficient (Wildman–Crippen LogP) is 3.94. The first-order valence-electron chi connectivity index (χ1n) is 8.09. The Kier molecular flexibility index (Phi) is 12.5. The number of unbranched alkanes of at least 4 members (excludes halogenated alkanes) is 8. The van der Waals surface area contributed by atoms with E-state index in [1.807, 2.05) is 6.92 Å². The van der Waals surface area contributed by atoms with E-state index in [0.717, 1.165) is 38.5 Å². The van der Waals surface area contributed by atoms with E-state index >= 15 is 0 Å². The number of hydrogen-bond acceptors (Lipinski definition) is 3. The molecule has 0 aromatic carbocycles. The first-order valence-corrected chi connectivity index (χ1v) is 9.59. The van der Waals surface area contributed by atoms with Crippen molar-refractivity contribution in [3.8, 4) is 0 Å². The molecule has 0 aliphatic rings. The lowest BCUT2D eigenvalue weighted by atomic mass is 10.0. The average Bonchev–Trinajstić information content (AvgIpc) is 2.38. The second-order valence-corrected chi connectivity index (χ2v) is 7.32. The van der Waals surface area contributed by atoms with Crippen LogP contribution in [0.3, 0.4) is 0 Å². The van der Waals surface area contributed by atoms with Crippen LogP contribution in [0.4, 0.5) is 0 Å². The zero-order valence-corrected chi connectivity index (χ0v) is 13.7. The lowest BCUT2D eigenvalue weighted by molar-refractivity contribution is 0.282. The second-order valence-electron chi connectivity index (χ2n) is 5.62. The molecule has 0 aromatic rings. The van der Waals surface area contributed by atoms with Crippen molar-refractivity contribution >= 4 is 10.1 Å². The van der Waals surface area contributed by atoms with Gasteiger partial charge >= 0.3 is 0 Å². The molecule has 0 rings (SSSR count). The summed E-state index contributed by atoms with van der Waals surface area (Å²) in [5.41, 5.74) is 0. The van der Waals surface area contributed by atoms with Gasteiger partial charge in [-0.1, -0.05) is 64.7 Å². The molecule has 0 radical (unpaired) electrons. The second kappa shape index (κ2) is 12.6. The van der Waals surface area contributed by atoms with E-state index in [9.17, 15) is 8.42 Å². The molecule has 0 fully saturated rings. The fraction of sp³-hybridized carbons (Fsp3) is 1.00. The first-order chi connectivity index (χ1) is 9.52. The normalized spacial score (nSPS) is 13.6. The van der Waals surface area contributed by atoms with Gasteiger partial charge in [-0.05, 0) is 19.3 Å². The lowest BCUT2D eigenvalue weighted by Crippen LogP contribution is -2.20. The molecule has 0 saturated heterocycles. The third-order valence-electron chi connectivity index (χ3n) is 3.72. The SMILES string of the molecule is CCCC(CCCCCCCCCCCO)S(=O)(=O)O. The maximum atomic E-state index is 11.2. The Morgan fingerprint density at radius 3 is 1.65 bits per heavy atom. The Morgan fingerprint density at radius 1 is 0.800 bits per heavy atom. The monoisotopic (exact) mass is 308 g/mol. The van der Waals surface area contributed by atoms with Gasteiger partial charge in [0.05, 0.1) is 5.25 Å². The molecular weight excluding hydrogens is 276 g/mol. The zero-order chi connectivity index (χ0) is 15.3. The zero-order valence-electron chi connectivity index (χ0n) is 12.9. The molecule has 0 amide bonds. The van der Waals surface area contributed by atoms with E-state index in [1.54, 1.807) is 0 Å². The number of hydrogen-bond donors (Lipinski definition) is 2. The molecule has 4 nitrogen and oxygen atoms in total. The van der Waals surface area contributed by atoms with Crippen LogP contribution in [0.2, 0.25) is 0 Å². The van der Waals surface area contributed by atoms with Crippen molar-refractivity contribution < 1.29 is 18.1 Å². The van der Waals surface area contributed by atoms with Crippen LogP contribution in [-0.4, -0.2) is 29.9 Å². The van der Waals surface area contributed by atoms with Crippen LogP contribution in [0, 0.1) is 0 Å². The minimum atomic E-state index is -3.86. The van der Waals surface area contributed by atoms with Crippen molar-refractivity contribution in [2.24, 2.45) is 0 Å². The average molecular weight is 308 g/mol. The molecule has 0 bridgehead atoms. The van der Waals surface area contributed by atoms with Crippen LogP contribution < -0.4 is 0 Å². The summed E-state index contributed by atoms with van der Waals surface area (Å²) in [4.78, 5) is 0. The minimum absolute atomic E-state index is 0.298. The van der Waals surface area contributed by atoms with Gasteiger partial charge in [-0.2, -0.15) is 8.42 Å². The molecule has 1 unspecified atom stereocenters. The van der Waals surface area contributed by atoms with Crippen molar-refractivity contribution in [3.05, 3.63) is 0 Å². The molecular formula is C15H32O4S. The van der Waals surface area contributed by atoms with Crippen LogP contribution in [-0.2, 0) is 10.1 Å². The van der Waals surface area contributed by atoms with E-state index < -0.39 is 15.4 Å². The van der Waals surface area contributed by atoms with Crippen LogP contribution in [0.1, 0.15) is 84.0 Å². The van der Waals surface area contributed by atoms with Crippen molar-refractivity contribution in [1.82, 2.24) is 0 Å². The van der Waals surface area contributed by atoms with E-state index in [1.165, 1.54) is 25.7 Å². The molecule has 2 N–H and O–H groups in total. The fourth-order valence-corrected chi connectivity index (χ4v) is 3.48. The molecule has 0 aliphatic heterocycles. The molecule has 5 heteroatoms. The minimum Gasteiger partial charge on any atom is -0.396 e. The smallest absolute Gasteiger partial charge is 0.267 e. The van der Waals surface area contributed by atoms with Crippen molar-refractivity contribution in [1.29, 1.82) is 0 Å². The predicted molar refractivity (Wildman–Crippen MR) is 83.5 cm³/mol. The maximum Gasteiger partial charge on any atom is 0.267 e. The number of aliphatic hydroxyl groups excluding tert-OH is 1.